The van der Waals surface area contributed by atoms with Crippen molar-refractivity contribution >= 4 is 52.0 Å². The predicted molar refractivity (Wildman–Crippen MR) is 109 cm³/mol. The zero-order chi connectivity index (χ0) is 15.6. The first kappa shape index (κ1) is 15.4. The van der Waals surface area contributed by atoms with Gasteiger partial charge in [-0.05, 0) is 75.1 Å². The summed E-state index contributed by atoms with van der Waals surface area (Å²) in [4.78, 5) is 0. The number of rotatable bonds is 6. The Labute approximate surface area is 147 Å². The monoisotopic (exact) mass is 338 g/mol. The summed E-state index contributed by atoms with van der Waals surface area (Å²) < 4.78 is 0. The Morgan fingerprint density at radius 2 is 1.87 bits per heavy atom. The van der Waals surface area contributed by atoms with Gasteiger partial charge in [-0.15, -0.1) is 0 Å². The lowest BCUT2D eigenvalue weighted by atomic mass is 9.88. The van der Waals surface area contributed by atoms with E-state index in [4.69, 9.17) is 0 Å². The zero-order valence-corrected chi connectivity index (χ0v) is 15.1. The van der Waals surface area contributed by atoms with E-state index in [0.717, 1.165) is 11.5 Å². The maximum Gasteiger partial charge on any atom is 0.00210 e. The van der Waals surface area contributed by atoms with Crippen molar-refractivity contribution in [2.45, 2.75) is 25.7 Å². The molecule has 0 heterocycles. The molecule has 4 rings (SSSR count). The molecule has 0 aliphatic heterocycles. The van der Waals surface area contributed by atoms with Gasteiger partial charge in [0, 0.05) is 5.75 Å². The minimum atomic E-state index is 0.982. The molecule has 0 N–H and O–H groups in total. The van der Waals surface area contributed by atoms with Crippen LogP contribution in [0.1, 0.15) is 24.0 Å². The number of hydrogen-bond donors (Lipinski definition) is 1. The van der Waals surface area contributed by atoms with Crippen molar-refractivity contribution in [2.75, 3.05) is 17.3 Å². The molecule has 0 atom stereocenters. The standard InChI is InChI=1S/C21H22S2/c22-12-14-23-13-2-5-15-6-7-18-9-8-16-3-1-4-17-10-11-19(15)21(18)20(16)17/h4,6-11,22H,1-3,5,12-14H2. The van der Waals surface area contributed by atoms with Crippen LogP contribution in [0.2, 0.25) is 0 Å². The molecule has 3 aromatic rings. The molecular weight excluding hydrogens is 316 g/mol. The highest BCUT2D eigenvalue weighted by Crippen LogP contribution is 2.32. The molecule has 0 fully saturated rings. The summed E-state index contributed by atoms with van der Waals surface area (Å²) in [5, 5.41) is 7.31. The molecule has 0 unspecified atom stereocenters. The molecular formula is C21H22S2. The minimum absolute atomic E-state index is 0.982. The second-order valence-corrected chi connectivity index (χ2v) is 7.98. The Morgan fingerprint density at radius 3 is 2.78 bits per heavy atom. The molecule has 0 nitrogen and oxygen atoms in total. The zero-order valence-electron chi connectivity index (χ0n) is 13.3. The second-order valence-electron chi connectivity index (χ2n) is 6.31. The van der Waals surface area contributed by atoms with Crippen LogP contribution in [0.25, 0.3) is 27.6 Å². The average molecular weight is 339 g/mol. The molecule has 3 aromatic carbocycles. The molecule has 0 saturated carbocycles. The van der Waals surface area contributed by atoms with Crippen LogP contribution in [0.4, 0.5) is 0 Å². The number of hydrogen-bond acceptors (Lipinski definition) is 2. The molecule has 0 spiro atoms. The van der Waals surface area contributed by atoms with Crippen molar-refractivity contribution in [1.29, 1.82) is 0 Å². The third-order valence-electron chi connectivity index (χ3n) is 4.87. The van der Waals surface area contributed by atoms with E-state index in [1.165, 1.54) is 69.3 Å². The molecule has 0 radical (unpaired) electrons. The average Bonchev–Trinajstić information content (AvgIpc) is 2.60. The van der Waals surface area contributed by atoms with E-state index in [-0.39, 0.29) is 0 Å². The summed E-state index contributed by atoms with van der Waals surface area (Å²) in [5.74, 6) is 3.38. The number of benzene rings is 3. The van der Waals surface area contributed by atoms with Crippen molar-refractivity contribution in [3.63, 3.8) is 0 Å². The fraction of sp³-hybridized carbons (Fsp3) is 0.333. The molecule has 23 heavy (non-hydrogen) atoms. The van der Waals surface area contributed by atoms with Gasteiger partial charge >= 0.3 is 0 Å². The third kappa shape index (κ3) is 2.88. The Morgan fingerprint density at radius 1 is 0.957 bits per heavy atom. The lowest BCUT2D eigenvalue weighted by molar-refractivity contribution is 0.942. The summed E-state index contributed by atoms with van der Waals surface area (Å²) in [6, 6.07) is 14.0. The molecule has 1 aliphatic rings. The third-order valence-corrected chi connectivity index (χ3v) is 6.47. The van der Waals surface area contributed by atoms with Gasteiger partial charge in [0.2, 0.25) is 0 Å². The molecule has 0 aromatic heterocycles. The van der Waals surface area contributed by atoms with Gasteiger partial charge in [-0.3, -0.25) is 0 Å². The summed E-state index contributed by atoms with van der Waals surface area (Å²) in [6.07, 6.45) is 7.20. The van der Waals surface area contributed by atoms with E-state index < -0.39 is 0 Å². The smallest absolute Gasteiger partial charge is 0.00210 e. The quantitative estimate of drug-likeness (QED) is 0.485. The maximum absolute atomic E-state index is 4.28. The highest BCUT2D eigenvalue weighted by molar-refractivity contribution is 7.99. The summed E-state index contributed by atoms with van der Waals surface area (Å²) in [5.41, 5.74) is 3.04. The molecule has 2 heteroatoms. The van der Waals surface area contributed by atoms with Gasteiger partial charge in [0.15, 0.2) is 0 Å². The van der Waals surface area contributed by atoms with E-state index in [2.05, 4.69) is 55.1 Å². The fourth-order valence-corrected chi connectivity index (χ4v) is 4.89. The van der Waals surface area contributed by atoms with Gasteiger partial charge in [-0.2, -0.15) is 24.4 Å². The van der Waals surface area contributed by atoms with Crippen molar-refractivity contribution in [3.8, 4) is 0 Å². The Kier molecular flexibility index (Phi) is 4.54. The van der Waals surface area contributed by atoms with E-state index in [1.807, 2.05) is 11.8 Å². The van der Waals surface area contributed by atoms with Crippen LogP contribution in [0, 0.1) is 0 Å². The van der Waals surface area contributed by atoms with E-state index in [0.29, 0.717) is 0 Å². The van der Waals surface area contributed by atoms with Gasteiger partial charge in [0.05, 0.1) is 0 Å². The van der Waals surface area contributed by atoms with Gasteiger partial charge in [-0.25, -0.2) is 0 Å². The fourth-order valence-electron chi connectivity index (χ4n) is 3.82. The first-order valence-corrected chi connectivity index (χ1v) is 10.3. The van der Waals surface area contributed by atoms with Gasteiger partial charge in [-0.1, -0.05) is 42.5 Å². The molecule has 0 bridgehead atoms. The Hall–Kier alpha value is -1.12. The first-order valence-electron chi connectivity index (χ1n) is 8.53. The van der Waals surface area contributed by atoms with Crippen LogP contribution < -0.4 is 5.22 Å². The molecule has 0 saturated heterocycles. The Balaban J connectivity index is 1.76. The lowest BCUT2D eigenvalue weighted by Crippen LogP contribution is -2.10. The molecule has 118 valence electrons. The van der Waals surface area contributed by atoms with Crippen LogP contribution >= 0.6 is 24.4 Å². The highest BCUT2D eigenvalue weighted by Gasteiger charge is 2.12. The highest BCUT2D eigenvalue weighted by atomic mass is 32.2. The van der Waals surface area contributed by atoms with Crippen LogP contribution in [0.3, 0.4) is 0 Å². The lowest BCUT2D eigenvalue weighted by Gasteiger charge is -2.16. The van der Waals surface area contributed by atoms with Gasteiger partial charge in [0.25, 0.3) is 0 Å². The Bertz CT molecular complexity index is 895. The van der Waals surface area contributed by atoms with Gasteiger partial charge in [0.1, 0.15) is 0 Å². The van der Waals surface area contributed by atoms with Crippen molar-refractivity contribution in [1.82, 2.24) is 0 Å². The number of thioether (sulfide) groups is 1. The van der Waals surface area contributed by atoms with E-state index in [1.54, 1.807) is 0 Å². The number of aryl methyl sites for hydroxylation is 2. The van der Waals surface area contributed by atoms with Crippen LogP contribution in [0.15, 0.2) is 36.4 Å². The summed E-state index contributed by atoms with van der Waals surface area (Å²) in [6.45, 7) is 0. The topological polar surface area (TPSA) is 0 Å². The van der Waals surface area contributed by atoms with E-state index in [9.17, 15) is 0 Å². The second kappa shape index (κ2) is 6.78. The largest absolute Gasteiger partial charge is 0.179 e. The first-order chi connectivity index (χ1) is 11.4. The molecule has 1 aliphatic carbocycles. The van der Waals surface area contributed by atoms with Crippen molar-refractivity contribution in [3.05, 3.63) is 52.7 Å². The molecule has 0 amide bonds. The normalized spacial score (nSPS) is 13.6. The van der Waals surface area contributed by atoms with Crippen LogP contribution in [-0.2, 0) is 12.8 Å². The summed E-state index contributed by atoms with van der Waals surface area (Å²) in [7, 11) is 0. The van der Waals surface area contributed by atoms with Crippen LogP contribution in [0.5, 0.6) is 0 Å². The van der Waals surface area contributed by atoms with Crippen molar-refractivity contribution in [2.24, 2.45) is 0 Å². The van der Waals surface area contributed by atoms with Crippen LogP contribution in [-0.4, -0.2) is 17.3 Å². The van der Waals surface area contributed by atoms with Gasteiger partial charge < -0.3 is 0 Å². The predicted octanol–water partition coefficient (Wildman–Crippen LogP) is 5.03. The van der Waals surface area contributed by atoms with Crippen molar-refractivity contribution < 1.29 is 0 Å². The maximum atomic E-state index is 4.28. The van der Waals surface area contributed by atoms with E-state index >= 15 is 0 Å². The minimum Gasteiger partial charge on any atom is -0.179 e. The number of thiol groups is 1. The summed E-state index contributed by atoms with van der Waals surface area (Å²) >= 11 is 6.30. The SMILES string of the molecule is SCCSCCCc1ccc2ccc3c4c(ccc1c24)=CCC3.